The van der Waals surface area contributed by atoms with Crippen molar-refractivity contribution in [2.24, 2.45) is 0 Å². The van der Waals surface area contributed by atoms with E-state index in [0.717, 1.165) is 19.3 Å². The van der Waals surface area contributed by atoms with Crippen molar-refractivity contribution in [3.05, 3.63) is 204 Å². The predicted molar refractivity (Wildman–Crippen MR) is 225 cm³/mol. The summed E-state index contributed by atoms with van der Waals surface area (Å²) in [7, 11) is 0. The molecule has 2 heteroatoms. The van der Waals surface area contributed by atoms with Gasteiger partial charge in [-0.25, -0.2) is 0 Å². The van der Waals surface area contributed by atoms with Gasteiger partial charge >= 0.3 is 0 Å². The van der Waals surface area contributed by atoms with E-state index in [2.05, 4.69) is 185 Å². The molecule has 2 aliphatic carbocycles. The maximum absolute atomic E-state index is 2.54. The van der Waals surface area contributed by atoms with E-state index >= 15 is 0 Å². The first-order valence-electron chi connectivity index (χ1n) is 19.3. The predicted octanol–water partition coefficient (Wildman–Crippen LogP) is 13.0. The van der Waals surface area contributed by atoms with Gasteiger partial charge in [-0.3, -0.25) is 0 Å². The Morgan fingerprint density at radius 2 is 1.00 bits per heavy atom. The lowest BCUT2D eigenvalue weighted by Gasteiger charge is -2.28. The highest BCUT2D eigenvalue weighted by Gasteiger charge is 2.27. The van der Waals surface area contributed by atoms with Gasteiger partial charge in [-0.1, -0.05) is 133 Å². The van der Waals surface area contributed by atoms with Gasteiger partial charge in [-0.05, 0) is 112 Å². The molecule has 2 nitrogen and oxygen atoms in total. The Hall–Kier alpha value is -6.64. The van der Waals surface area contributed by atoms with Crippen molar-refractivity contribution in [3.63, 3.8) is 0 Å². The van der Waals surface area contributed by atoms with Crippen LogP contribution in [0.1, 0.15) is 33.7 Å². The average Bonchev–Trinajstić information content (AvgIpc) is 3.76. The minimum Gasteiger partial charge on any atom is -0.309 e. The van der Waals surface area contributed by atoms with Gasteiger partial charge in [0.25, 0.3) is 0 Å². The second-order valence-corrected chi connectivity index (χ2v) is 15.1. The molecule has 54 heavy (non-hydrogen) atoms. The largest absolute Gasteiger partial charge is 0.309 e. The average molecular weight is 689 g/mol. The molecule has 0 fully saturated rings. The molecule has 254 valence electrons. The first-order chi connectivity index (χ1) is 26.8. The number of hydrogen-bond acceptors (Lipinski definition) is 0. The third kappa shape index (κ3) is 4.17. The molecule has 10 aromatic rings. The Morgan fingerprint density at radius 1 is 0.407 bits per heavy atom. The highest BCUT2D eigenvalue weighted by Crippen LogP contribution is 2.46. The fraction of sp³-hybridized carbons (Fsp3) is 0.0769. The number of fused-ring (bicyclic) bond motifs is 13. The number of hydrogen-bond donors (Lipinski definition) is 0. The molecule has 1 atom stereocenters. The highest BCUT2D eigenvalue weighted by molar-refractivity contribution is 6.29. The molecule has 12 rings (SSSR count). The molecule has 8 aromatic carbocycles. The summed E-state index contributed by atoms with van der Waals surface area (Å²) in [4.78, 5) is 0. The molecule has 0 N–H and O–H groups in total. The van der Waals surface area contributed by atoms with Gasteiger partial charge in [0, 0.05) is 38.8 Å². The number of rotatable bonds is 3. The standard InChI is InChI=1S/C52H36N2/c1-3-17-37-33(13-1)27-28-42-40(37)23-12-26-46(42)54-48-25-10-8-22-44(48)52-50(54)30-29-49-51(52)43-21-7-9-24-47(43)53(49)36-16-11-15-34(31-36)45-32-35-14-2-4-18-38(35)39-19-5-6-20-41(39)45/h1-26,29-31,45H,27-28,32H2. The van der Waals surface area contributed by atoms with E-state index in [1.165, 1.54) is 105 Å². The van der Waals surface area contributed by atoms with Crippen LogP contribution in [-0.4, -0.2) is 9.13 Å². The quantitative estimate of drug-likeness (QED) is 0.175. The van der Waals surface area contributed by atoms with Crippen LogP contribution in [0.25, 0.3) is 77.2 Å². The van der Waals surface area contributed by atoms with Crippen LogP contribution in [-0.2, 0) is 19.3 Å². The molecule has 2 aliphatic rings. The first kappa shape index (κ1) is 29.9. The zero-order chi connectivity index (χ0) is 35.3. The third-order valence-corrected chi connectivity index (χ3v) is 12.4. The first-order valence-corrected chi connectivity index (χ1v) is 19.3. The molecular formula is C52H36N2. The van der Waals surface area contributed by atoms with Crippen molar-refractivity contribution in [1.82, 2.24) is 9.13 Å². The molecule has 0 saturated heterocycles. The van der Waals surface area contributed by atoms with Crippen LogP contribution in [0, 0.1) is 0 Å². The fourth-order valence-corrected chi connectivity index (χ4v) is 10.1. The molecule has 0 spiro atoms. The summed E-state index contributed by atoms with van der Waals surface area (Å²) in [6.07, 6.45) is 3.09. The maximum atomic E-state index is 2.54. The van der Waals surface area contributed by atoms with Gasteiger partial charge < -0.3 is 9.13 Å². The van der Waals surface area contributed by atoms with E-state index in [1.807, 2.05) is 0 Å². The number of aromatic nitrogens is 2. The molecule has 0 aliphatic heterocycles. The van der Waals surface area contributed by atoms with Gasteiger partial charge in [-0.15, -0.1) is 0 Å². The van der Waals surface area contributed by atoms with Crippen molar-refractivity contribution < 1.29 is 0 Å². The van der Waals surface area contributed by atoms with Crippen LogP contribution in [0.2, 0.25) is 0 Å². The van der Waals surface area contributed by atoms with Crippen molar-refractivity contribution in [2.75, 3.05) is 0 Å². The monoisotopic (exact) mass is 688 g/mol. The van der Waals surface area contributed by atoms with Gasteiger partial charge in [-0.2, -0.15) is 0 Å². The van der Waals surface area contributed by atoms with Crippen molar-refractivity contribution in [1.29, 1.82) is 0 Å². The van der Waals surface area contributed by atoms with E-state index in [9.17, 15) is 0 Å². The zero-order valence-electron chi connectivity index (χ0n) is 29.8. The lowest BCUT2D eigenvalue weighted by Crippen LogP contribution is -2.13. The molecule has 0 saturated carbocycles. The second kappa shape index (κ2) is 11.4. The van der Waals surface area contributed by atoms with Crippen LogP contribution in [0.5, 0.6) is 0 Å². The summed E-state index contributed by atoms with van der Waals surface area (Å²) in [6, 6.07) is 65.9. The van der Waals surface area contributed by atoms with E-state index < -0.39 is 0 Å². The van der Waals surface area contributed by atoms with Gasteiger partial charge in [0.1, 0.15) is 0 Å². The third-order valence-electron chi connectivity index (χ3n) is 12.4. The molecule has 1 unspecified atom stereocenters. The van der Waals surface area contributed by atoms with Gasteiger partial charge in [0.15, 0.2) is 0 Å². The van der Waals surface area contributed by atoms with E-state index in [-0.39, 0.29) is 5.92 Å². The second-order valence-electron chi connectivity index (χ2n) is 15.1. The van der Waals surface area contributed by atoms with Gasteiger partial charge in [0.2, 0.25) is 0 Å². The lowest BCUT2D eigenvalue weighted by atomic mass is 9.76. The summed E-state index contributed by atoms with van der Waals surface area (Å²) < 4.78 is 5.05. The van der Waals surface area contributed by atoms with Crippen LogP contribution in [0.15, 0.2) is 176 Å². The number of aryl methyl sites for hydroxylation is 1. The van der Waals surface area contributed by atoms with Crippen molar-refractivity contribution in [3.8, 4) is 33.6 Å². The summed E-state index contributed by atoms with van der Waals surface area (Å²) in [5.41, 5.74) is 20.0. The van der Waals surface area contributed by atoms with Crippen LogP contribution >= 0.6 is 0 Å². The van der Waals surface area contributed by atoms with Crippen molar-refractivity contribution >= 4 is 43.6 Å². The summed E-state index contributed by atoms with van der Waals surface area (Å²) in [6.45, 7) is 0. The minimum absolute atomic E-state index is 0.289. The van der Waals surface area contributed by atoms with E-state index in [4.69, 9.17) is 0 Å². The summed E-state index contributed by atoms with van der Waals surface area (Å²) in [5, 5.41) is 5.21. The topological polar surface area (TPSA) is 9.86 Å². The Morgan fingerprint density at radius 3 is 1.80 bits per heavy atom. The Balaban J connectivity index is 1.09. The Bertz CT molecular complexity index is 3150. The number of nitrogens with zero attached hydrogens (tertiary/aromatic N) is 2. The highest BCUT2D eigenvalue weighted by atomic mass is 15.0. The zero-order valence-corrected chi connectivity index (χ0v) is 29.8. The SMILES string of the molecule is c1cc(C2Cc3ccccc3-c3ccccc32)cc(-n2c3ccccc3c3c4c5ccccc5n(-c5cccc6c5CCc5ccccc5-6)c4ccc32)c1. The van der Waals surface area contributed by atoms with E-state index in [1.54, 1.807) is 0 Å². The molecular weight excluding hydrogens is 653 g/mol. The molecule has 2 heterocycles. The Labute approximate surface area is 314 Å². The minimum atomic E-state index is 0.289. The smallest absolute Gasteiger partial charge is 0.0549 e. The summed E-state index contributed by atoms with van der Waals surface area (Å²) >= 11 is 0. The maximum Gasteiger partial charge on any atom is 0.0549 e. The van der Waals surface area contributed by atoms with Gasteiger partial charge in [0.05, 0.1) is 22.1 Å². The number of para-hydroxylation sites is 2. The lowest BCUT2D eigenvalue weighted by molar-refractivity contribution is 0.792. The van der Waals surface area contributed by atoms with Crippen LogP contribution in [0.3, 0.4) is 0 Å². The normalized spacial score (nSPS) is 14.6. The Kier molecular flexibility index (Phi) is 6.32. The van der Waals surface area contributed by atoms with Crippen LogP contribution in [0.4, 0.5) is 0 Å². The molecule has 0 bridgehead atoms. The van der Waals surface area contributed by atoms with E-state index in [0.29, 0.717) is 0 Å². The molecule has 0 amide bonds. The fourth-order valence-electron chi connectivity index (χ4n) is 10.1. The number of benzene rings is 8. The van der Waals surface area contributed by atoms with Crippen molar-refractivity contribution in [2.45, 2.75) is 25.2 Å². The van der Waals surface area contributed by atoms with Crippen LogP contribution < -0.4 is 0 Å². The molecule has 0 radical (unpaired) electrons. The summed E-state index contributed by atoms with van der Waals surface area (Å²) in [5.74, 6) is 0.289. The molecule has 2 aromatic heterocycles.